The number of hydrogen-bond donors (Lipinski definition) is 1. The second-order valence-electron chi connectivity index (χ2n) is 4.39. The Bertz CT molecular complexity index is 645. The van der Waals surface area contributed by atoms with E-state index < -0.39 is 0 Å². The van der Waals surface area contributed by atoms with Crippen molar-refractivity contribution in [3.63, 3.8) is 0 Å². The average molecular weight is 287 g/mol. The molecule has 0 aliphatic heterocycles. The standard InChI is InChI=1S/C16H15ClN2O/c1-11-4-3-5-15(17)14(11)7-6-12-8-13(10-19-9-12)16(20)18-2/h3-10H,1-2H3,(H,18,20)/b7-6+. The maximum atomic E-state index is 11.6. The number of rotatable bonds is 3. The Morgan fingerprint density at radius 2 is 2.10 bits per heavy atom. The van der Waals surface area contributed by atoms with Crippen molar-refractivity contribution in [1.29, 1.82) is 0 Å². The summed E-state index contributed by atoms with van der Waals surface area (Å²) in [5.74, 6) is -0.151. The number of aryl methyl sites for hydroxylation is 1. The van der Waals surface area contributed by atoms with Crippen LogP contribution in [0.2, 0.25) is 5.02 Å². The lowest BCUT2D eigenvalue weighted by atomic mass is 10.1. The Balaban J connectivity index is 2.30. The molecular formula is C16H15ClN2O. The van der Waals surface area contributed by atoms with Gasteiger partial charge in [-0.1, -0.05) is 35.9 Å². The van der Waals surface area contributed by atoms with E-state index in [9.17, 15) is 4.79 Å². The molecule has 0 aliphatic rings. The minimum absolute atomic E-state index is 0.151. The summed E-state index contributed by atoms with van der Waals surface area (Å²) in [7, 11) is 1.60. The zero-order chi connectivity index (χ0) is 14.5. The third kappa shape index (κ3) is 3.25. The van der Waals surface area contributed by atoms with Crippen LogP contribution in [-0.4, -0.2) is 17.9 Å². The Labute approximate surface area is 123 Å². The molecule has 1 aromatic carbocycles. The Kier molecular flexibility index (Phi) is 4.53. The fraction of sp³-hybridized carbons (Fsp3) is 0.125. The van der Waals surface area contributed by atoms with E-state index in [1.54, 1.807) is 19.3 Å². The van der Waals surface area contributed by atoms with Crippen molar-refractivity contribution in [3.8, 4) is 0 Å². The summed E-state index contributed by atoms with van der Waals surface area (Å²) in [5, 5.41) is 3.28. The summed E-state index contributed by atoms with van der Waals surface area (Å²) in [6, 6.07) is 7.56. The number of nitrogens with zero attached hydrogens (tertiary/aromatic N) is 1. The molecule has 0 saturated heterocycles. The third-order valence-corrected chi connectivity index (χ3v) is 3.29. The summed E-state index contributed by atoms with van der Waals surface area (Å²) in [6.45, 7) is 2.00. The van der Waals surface area contributed by atoms with Crippen molar-refractivity contribution >= 4 is 29.7 Å². The highest BCUT2D eigenvalue weighted by Gasteiger charge is 2.03. The van der Waals surface area contributed by atoms with E-state index in [0.29, 0.717) is 10.6 Å². The number of nitrogens with one attached hydrogen (secondary N) is 1. The van der Waals surface area contributed by atoms with Crippen molar-refractivity contribution in [2.45, 2.75) is 6.92 Å². The summed E-state index contributed by atoms with van der Waals surface area (Å²) in [5.41, 5.74) is 3.46. The van der Waals surface area contributed by atoms with Crippen LogP contribution in [-0.2, 0) is 0 Å². The van der Waals surface area contributed by atoms with Crippen LogP contribution in [0.25, 0.3) is 12.2 Å². The highest BCUT2D eigenvalue weighted by molar-refractivity contribution is 6.32. The van der Waals surface area contributed by atoms with Crippen LogP contribution in [0.15, 0.2) is 36.7 Å². The van der Waals surface area contributed by atoms with Gasteiger partial charge in [0, 0.05) is 24.5 Å². The highest BCUT2D eigenvalue weighted by Crippen LogP contribution is 2.22. The molecule has 0 atom stereocenters. The van der Waals surface area contributed by atoms with Gasteiger partial charge in [0.2, 0.25) is 0 Å². The number of hydrogen-bond acceptors (Lipinski definition) is 2. The maximum Gasteiger partial charge on any atom is 0.252 e. The lowest BCUT2D eigenvalue weighted by molar-refractivity contribution is 0.0962. The topological polar surface area (TPSA) is 42.0 Å². The fourth-order valence-corrected chi connectivity index (χ4v) is 2.14. The predicted octanol–water partition coefficient (Wildman–Crippen LogP) is 3.57. The van der Waals surface area contributed by atoms with Crippen LogP contribution in [0.3, 0.4) is 0 Å². The molecule has 0 radical (unpaired) electrons. The lowest BCUT2D eigenvalue weighted by Gasteiger charge is -2.03. The molecule has 1 N–H and O–H groups in total. The quantitative estimate of drug-likeness (QED) is 0.937. The van der Waals surface area contributed by atoms with Gasteiger partial charge in [0.15, 0.2) is 0 Å². The number of halogens is 1. The molecule has 0 bridgehead atoms. The van der Waals surface area contributed by atoms with E-state index >= 15 is 0 Å². The van der Waals surface area contributed by atoms with E-state index in [2.05, 4.69) is 10.3 Å². The summed E-state index contributed by atoms with van der Waals surface area (Å²) in [4.78, 5) is 15.6. The smallest absolute Gasteiger partial charge is 0.252 e. The molecule has 0 fully saturated rings. The van der Waals surface area contributed by atoms with Crippen molar-refractivity contribution in [3.05, 3.63) is 63.9 Å². The van der Waals surface area contributed by atoms with Gasteiger partial charge in [0.1, 0.15) is 0 Å². The number of benzene rings is 1. The molecule has 20 heavy (non-hydrogen) atoms. The van der Waals surface area contributed by atoms with Gasteiger partial charge in [-0.15, -0.1) is 0 Å². The van der Waals surface area contributed by atoms with E-state index in [1.165, 1.54) is 6.20 Å². The molecule has 1 amide bonds. The van der Waals surface area contributed by atoms with Crippen molar-refractivity contribution in [2.24, 2.45) is 0 Å². The van der Waals surface area contributed by atoms with Crippen LogP contribution < -0.4 is 5.32 Å². The molecule has 0 aliphatic carbocycles. The van der Waals surface area contributed by atoms with E-state index in [-0.39, 0.29) is 5.91 Å². The summed E-state index contributed by atoms with van der Waals surface area (Å²) >= 11 is 6.17. The number of aromatic nitrogens is 1. The molecule has 2 aromatic rings. The zero-order valence-electron chi connectivity index (χ0n) is 11.4. The van der Waals surface area contributed by atoms with Gasteiger partial charge in [0.25, 0.3) is 5.91 Å². The monoisotopic (exact) mass is 286 g/mol. The van der Waals surface area contributed by atoms with Crippen LogP contribution in [0.4, 0.5) is 0 Å². The Morgan fingerprint density at radius 1 is 1.30 bits per heavy atom. The Hall–Kier alpha value is -2.13. The molecule has 0 saturated carbocycles. The molecule has 4 heteroatoms. The summed E-state index contributed by atoms with van der Waals surface area (Å²) in [6.07, 6.45) is 7.07. The molecule has 1 heterocycles. The third-order valence-electron chi connectivity index (χ3n) is 2.96. The molecule has 0 spiro atoms. The maximum absolute atomic E-state index is 11.6. The first-order valence-corrected chi connectivity index (χ1v) is 6.60. The van der Waals surface area contributed by atoms with Crippen LogP contribution in [0, 0.1) is 6.92 Å². The van der Waals surface area contributed by atoms with Gasteiger partial charge >= 0.3 is 0 Å². The Morgan fingerprint density at radius 3 is 2.80 bits per heavy atom. The normalized spacial score (nSPS) is 10.8. The molecule has 0 unspecified atom stereocenters. The predicted molar refractivity (Wildman–Crippen MR) is 82.7 cm³/mol. The van der Waals surface area contributed by atoms with Gasteiger partial charge in [-0.2, -0.15) is 0 Å². The minimum atomic E-state index is -0.151. The van der Waals surface area contributed by atoms with E-state index in [0.717, 1.165) is 16.7 Å². The first-order chi connectivity index (χ1) is 9.61. The second-order valence-corrected chi connectivity index (χ2v) is 4.80. The molecule has 2 rings (SSSR count). The van der Waals surface area contributed by atoms with Crippen LogP contribution in [0.1, 0.15) is 27.0 Å². The number of carbonyl (C=O) groups is 1. The van der Waals surface area contributed by atoms with Gasteiger partial charge in [-0.05, 0) is 35.7 Å². The van der Waals surface area contributed by atoms with Crippen molar-refractivity contribution in [1.82, 2.24) is 10.3 Å². The zero-order valence-corrected chi connectivity index (χ0v) is 12.1. The fourth-order valence-electron chi connectivity index (χ4n) is 1.85. The van der Waals surface area contributed by atoms with Crippen LogP contribution >= 0.6 is 11.6 Å². The lowest BCUT2D eigenvalue weighted by Crippen LogP contribution is -2.17. The second kappa shape index (κ2) is 6.35. The number of carbonyl (C=O) groups excluding carboxylic acids is 1. The first-order valence-electron chi connectivity index (χ1n) is 6.22. The van der Waals surface area contributed by atoms with Crippen LogP contribution in [0.5, 0.6) is 0 Å². The van der Waals surface area contributed by atoms with Gasteiger partial charge in [-0.3, -0.25) is 9.78 Å². The van der Waals surface area contributed by atoms with Gasteiger partial charge < -0.3 is 5.32 Å². The molecular weight excluding hydrogens is 272 g/mol. The largest absolute Gasteiger partial charge is 0.355 e. The van der Waals surface area contributed by atoms with Crippen molar-refractivity contribution < 1.29 is 4.79 Å². The van der Waals surface area contributed by atoms with Gasteiger partial charge in [-0.25, -0.2) is 0 Å². The summed E-state index contributed by atoms with van der Waals surface area (Å²) < 4.78 is 0. The van der Waals surface area contributed by atoms with Crippen molar-refractivity contribution in [2.75, 3.05) is 7.05 Å². The van der Waals surface area contributed by atoms with Gasteiger partial charge in [0.05, 0.1) is 5.56 Å². The van der Waals surface area contributed by atoms with E-state index in [4.69, 9.17) is 11.6 Å². The highest BCUT2D eigenvalue weighted by atomic mass is 35.5. The van der Waals surface area contributed by atoms with E-state index in [1.807, 2.05) is 37.3 Å². The molecule has 102 valence electrons. The average Bonchev–Trinajstić information content (AvgIpc) is 2.46. The molecule has 1 aromatic heterocycles. The number of pyridine rings is 1. The first kappa shape index (κ1) is 14.3. The number of amides is 1. The SMILES string of the molecule is CNC(=O)c1cncc(/C=C/c2c(C)cccc2Cl)c1. The minimum Gasteiger partial charge on any atom is -0.355 e. The molecule has 3 nitrogen and oxygen atoms in total.